The molecule has 0 aliphatic heterocycles. The van der Waals surface area contributed by atoms with E-state index in [1.54, 1.807) is 0 Å². The van der Waals surface area contributed by atoms with Crippen molar-refractivity contribution in [1.82, 2.24) is 4.31 Å². The summed E-state index contributed by atoms with van der Waals surface area (Å²) in [4.78, 5) is 0. The molecule has 0 aliphatic rings. The molecule has 2 N–H and O–H groups in total. The van der Waals surface area contributed by atoms with Crippen molar-refractivity contribution in [2.45, 2.75) is 51.2 Å². The number of likely N-dealkylation sites (N-methyl/N-ethyl adjacent to an activating group) is 1. The maximum absolute atomic E-state index is 12.0. The van der Waals surface area contributed by atoms with E-state index >= 15 is 0 Å². The average molecular weight is 304 g/mol. The predicted molar refractivity (Wildman–Crippen MR) is 69.2 cm³/mol. The van der Waals surface area contributed by atoms with Crippen molar-refractivity contribution in [2.75, 3.05) is 19.3 Å². The van der Waals surface area contributed by atoms with Gasteiger partial charge in [-0.3, -0.25) is 0 Å². The first-order valence-corrected chi connectivity index (χ1v) is 7.89. The normalized spacial score (nSPS) is 14.1. The molecule has 0 spiro atoms. The number of halogens is 3. The largest absolute Gasteiger partial charge is 0.389 e. The molecule has 4 nitrogen and oxygen atoms in total. The Morgan fingerprint density at radius 3 is 1.95 bits per heavy atom. The summed E-state index contributed by atoms with van der Waals surface area (Å²) >= 11 is 0. The van der Waals surface area contributed by atoms with Crippen molar-refractivity contribution in [1.29, 1.82) is 0 Å². The Bertz CT molecular complexity index is 356. The zero-order valence-electron chi connectivity index (χ0n) is 11.6. The molecular formula is C11H23F3N2O2S. The summed E-state index contributed by atoms with van der Waals surface area (Å²) in [7, 11) is -2.33. The van der Waals surface area contributed by atoms with Crippen LogP contribution in [0.5, 0.6) is 0 Å². The number of alkyl halides is 3. The van der Waals surface area contributed by atoms with E-state index in [0.717, 1.165) is 4.31 Å². The molecule has 8 heteroatoms. The van der Waals surface area contributed by atoms with Gasteiger partial charge in [0.25, 0.3) is 0 Å². The first-order valence-electron chi connectivity index (χ1n) is 6.28. The Labute approximate surface area is 113 Å². The molecular weight excluding hydrogens is 281 g/mol. The fraction of sp³-hybridized carbons (Fsp3) is 1.00. The van der Waals surface area contributed by atoms with Crippen molar-refractivity contribution < 1.29 is 21.6 Å². The van der Waals surface area contributed by atoms with Gasteiger partial charge in [-0.15, -0.1) is 0 Å². The van der Waals surface area contributed by atoms with Crippen LogP contribution in [0.2, 0.25) is 0 Å². The lowest BCUT2D eigenvalue weighted by molar-refractivity contribution is -0.134. The number of hydrogen-bond acceptors (Lipinski definition) is 3. The van der Waals surface area contributed by atoms with Gasteiger partial charge in [-0.25, -0.2) is 8.42 Å². The Hall–Kier alpha value is -0.340. The molecule has 116 valence electrons. The van der Waals surface area contributed by atoms with Crippen molar-refractivity contribution in [3.05, 3.63) is 0 Å². The first kappa shape index (κ1) is 18.7. The number of rotatable bonds is 8. The molecule has 0 fully saturated rings. The lowest BCUT2D eigenvalue weighted by Crippen LogP contribution is -2.54. The van der Waals surface area contributed by atoms with Crippen molar-refractivity contribution in [2.24, 2.45) is 5.73 Å². The van der Waals surface area contributed by atoms with Crippen LogP contribution in [0.1, 0.15) is 39.5 Å². The zero-order valence-corrected chi connectivity index (χ0v) is 12.4. The van der Waals surface area contributed by atoms with Gasteiger partial charge in [0.15, 0.2) is 0 Å². The van der Waals surface area contributed by atoms with Crippen LogP contribution in [0.4, 0.5) is 13.2 Å². The van der Waals surface area contributed by atoms with Crippen LogP contribution in [0, 0.1) is 0 Å². The van der Waals surface area contributed by atoms with Gasteiger partial charge in [-0.1, -0.05) is 13.8 Å². The van der Waals surface area contributed by atoms with Crippen molar-refractivity contribution in [3.8, 4) is 0 Å². The van der Waals surface area contributed by atoms with E-state index in [0.29, 0.717) is 12.8 Å². The second-order valence-electron chi connectivity index (χ2n) is 4.64. The van der Waals surface area contributed by atoms with E-state index in [-0.39, 0.29) is 6.54 Å². The average Bonchev–Trinajstić information content (AvgIpc) is 2.29. The zero-order chi connectivity index (χ0) is 15.3. The van der Waals surface area contributed by atoms with E-state index < -0.39 is 40.3 Å². The second kappa shape index (κ2) is 6.90. The smallest absolute Gasteiger partial charge is 0.329 e. The van der Waals surface area contributed by atoms with Gasteiger partial charge in [-0.2, -0.15) is 17.5 Å². The third kappa shape index (κ3) is 5.27. The van der Waals surface area contributed by atoms with Crippen LogP contribution in [0.15, 0.2) is 0 Å². The molecule has 19 heavy (non-hydrogen) atoms. The highest BCUT2D eigenvalue weighted by Crippen LogP contribution is 2.26. The van der Waals surface area contributed by atoms with Gasteiger partial charge in [0, 0.05) is 25.6 Å². The molecule has 0 atom stereocenters. The topological polar surface area (TPSA) is 63.4 Å². The fourth-order valence-corrected chi connectivity index (χ4v) is 3.71. The standard InChI is InChI=1S/C11H23F3N2O2S/c1-4-10(5-2,9-15)16(3)19(17,18)8-6-7-11(12,13)14/h4-9,15H2,1-3H3. The Kier molecular flexibility index (Phi) is 6.77. The fourth-order valence-electron chi connectivity index (χ4n) is 2.00. The van der Waals surface area contributed by atoms with E-state index in [1.165, 1.54) is 7.05 Å². The minimum atomic E-state index is -4.32. The molecule has 0 unspecified atom stereocenters. The van der Waals surface area contributed by atoms with E-state index in [2.05, 4.69) is 0 Å². The lowest BCUT2D eigenvalue weighted by atomic mass is 9.93. The molecule has 0 amide bonds. The number of nitrogens with zero attached hydrogens (tertiary/aromatic N) is 1. The van der Waals surface area contributed by atoms with E-state index in [1.807, 2.05) is 13.8 Å². The predicted octanol–water partition coefficient (Wildman–Crippen LogP) is 2.11. The highest BCUT2D eigenvalue weighted by atomic mass is 32.2. The molecule has 0 saturated heterocycles. The van der Waals surface area contributed by atoms with Gasteiger partial charge >= 0.3 is 6.18 Å². The molecule has 0 aliphatic carbocycles. The van der Waals surface area contributed by atoms with Crippen LogP contribution in [0.3, 0.4) is 0 Å². The third-order valence-electron chi connectivity index (χ3n) is 3.64. The summed E-state index contributed by atoms with van der Waals surface area (Å²) in [6, 6.07) is 0. The van der Waals surface area contributed by atoms with Crippen molar-refractivity contribution >= 4 is 10.0 Å². The number of nitrogens with two attached hydrogens (primary N) is 1. The summed E-state index contributed by atoms with van der Waals surface area (Å²) in [5, 5.41) is 0. The number of sulfonamides is 1. The highest BCUT2D eigenvalue weighted by molar-refractivity contribution is 7.89. The van der Waals surface area contributed by atoms with Crippen LogP contribution in [0.25, 0.3) is 0 Å². The van der Waals surface area contributed by atoms with Gasteiger partial charge in [0.2, 0.25) is 10.0 Å². The molecule has 0 aromatic carbocycles. The van der Waals surface area contributed by atoms with Gasteiger partial charge < -0.3 is 5.73 Å². The molecule has 0 saturated carbocycles. The lowest BCUT2D eigenvalue weighted by Gasteiger charge is -2.39. The maximum atomic E-state index is 12.0. The Morgan fingerprint density at radius 1 is 1.16 bits per heavy atom. The summed E-state index contributed by atoms with van der Waals surface area (Å²) < 4.78 is 61.3. The quantitative estimate of drug-likeness (QED) is 0.747. The molecule has 0 radical (unpaired) electrons. The van der Waals surface area contributed by atoms with Crippen molar-refractivity contribution in [3.63, 3.8) is 0 Å². The minimum Gasteiger partial charge on any atom is -0.329 e. The minimum absolute atomic E-state index is 0.148. The van der Waals surface area contributed by atoms with Crippen LogP contribution < -0.4 is 5.73 Å². The van der Waals surface area contributed by atoms with E-state index in [9.17, 15) is 21.6 Å². The summed E-state index contributed by atoms with van der Waals surface area (Å²) in [6.07, 6.45) is -4.79. The first-order chi connectivity index (χ1) is 8.54. The highest BCUT2D eigenvalue weighted by Gasteiger charge is 2.37. The van der Waals surface area contributed by atoms with Crippen LogP contribution >= 0.6 is 0 Å². The molecule has 0 aromatic heterocycles. The van der Waals surface area contributed by atoms with E-state index in [4.69, 9.17) is 5.73 Å². The van der Waals surface area contributed by atoms with Crippen LogP contribution in [-0.2, 0) is 10.0 Å². The van der Waals surface area contributed by atoms with Gasteiger partial charge in [-0.05, 0) is 19.3 Å². The van der Waals surface area contributed by atoms with Gasteiger partial charge in [0.05, 0.1) is 5.75 Å². The monoisotopic (exact) mass is 304 g/mol. The molecule has 0 rings (SSSR count). The van der Waals surface area contributed by atoms with Gasteiger partial charge in [0.1, 0.15) is 0 Å². The second-order valence-corrected chi connectivity index (χ2v) is 6.76. The summed E-state index contributed by atoms with van der Waals surface area (Å²) in [6.45, 7) is 3.78. The third-order valence-corrected chi connectivity index (χ3v) is 5.67. The summed E-state index contributed by atoms with van der Waals surface area (Å²) in [5.41, 5.74) is 4.93. The van der Waals surface area contributed by atoms with Crippen LogP contribution in [-0.4, -0.2) is 43.8 Å². The maximum Gasteiger partial charge on any atom is 0.389 e. The number of hydrogen-bond donors (Lipinski definition) is 1. The SMILES string of the molecule is CCC(CC)(CN)N(C)S(=O)(=O)CCCC(F)(F)F. The molecule has 0 heterocycles. The Morgan fingerprint density at radius 2 is 1.63 bits per heavy atom. The summed E-state index contributed by atoms with van der Waals surface area (Å²) in [5.74, 6) is -0.509. The Balaban J connectivity index is 4.81. The molecule has 0 aromatic rings. The molecule has 0 bridgehead atoms.